The number of hydrogen-bond donors (Lipinski definition) is 2. The maximum atomic E-state index is 11.8. The van der Waals surface area contributed by atoms with Gasteiger partial charge in [-0.2, -0.15) is 0 Å². The molecule has 0 radical (unpaired) electrons. The standard InChI is InChI=1S/C10H7BrO3S2/c1-15-7-3-5(12)4-2-6(13)9(14)8(11)10(4)16-7/h2-3,13-14H,1H3. The molecule has 0 aliphatic heterocycles. The van der Waals surface area contributed by atoms with Crippen LogP contribution in [0.25, 0.3) is 10.1 Å². The van der Waals surface area contributed by atoms with Crippen LogP contribution in [0.15, 0.2) is 25.6 Å². The predicted molar refractivity (Wildman–Crippen MR) is 70.9 cm³/mol. The first kappa shape index (κ1) is 11.8. The van der Waals surface area contributed by atoms with E-state index in [1.165, 1.54) is 35.2 Å². The van der Waals surface area contributed by atoms with E-state index in [0.717, 1.165) is 4.21 Å². The molecule has 0 amide bonds. The van der Waals surface area contributed by atoms with Gasteiger partial charge in [-0.1, -0.05) is 0 Å². The van der Waals surface area contributed by atoms with Gasteiger partial charge in [-0.3, -0.25) is 4.79 Å². The Morgan fingerprint density at radius 1 is 1.38 bits per heavy atom. The van der Waals surface area contributed by atoms with Crippen molar-refractivity contribution in [3.05, 3.63) is 26.8 Å². The van der Waals surface area contributed by atoms with Crippen molar-refractivity contribution in [2.75, 3.05) is 6.26 Å². The van der Waals surface area contributed by atoms with E-state index in [-0.39, 0.29) is 16.9 Å². The largest absolute Gasteiger partial charge is 0.504 e. The second kappa shape index (κ2) is 4.27. The minimum absolute atomic E-state index is 0.158. The average molecular weight is 319 g/mol. The first-order valence-electron chi connectivity index (χ1n) is 4.27. The Balaban J connectivity index is 2.96. The van der Waals surface area contributed by atoms with E-state index in [9.17, 15) is 15.0 Å². The predicted octanol–water partition coefficient (Wildman–Crippen LogP) is 3.16. The summed E-state index contributed by atoms with van der Waals surface area (Å²) in [4.78, 5) is 11.8. The molecule has 0 spiro atoms. The highest BCUT2D eigenvalue weighted by Gasteiger charge is 2.13. The van der Waals surface area contributed by atoms with Gasteiger partial charge in [-0.25, -0.2) is 0 Å². The van der Waals surface area contributed by atoms with Gasteiger partial charge in [0.2, 0.25) is 0 Å². The topological polar surface area (TPSA) is 57.5 Å². The molecule has 84 valence electrons. The van der Waals surface area contributed by atoms with Crippen LogP contribution >= 0.6 is 39.0 Å². The summed E-state index contributed by atoms with van der Waals surface area (Å²) in [6.07, 6.45) is 1.88. The molecule has 2 rings (SSSR count). The maximum absolute atomic E-state index is 11.8. The molecule has 1 aromatic heterocycles. The van der Waals surface area contributed by atoms with Crippen LogP contribution in [0.1, 0.15) is 0 Å². The number of aromatic hydroxyl groups is 2. The normalized spacial score (nSPS) is 10.9. The molecule has 3 nitrogen and oxygen atoms in total. The van der Waals surface area contributed by atoms with Crippen LogP contribution in [-0.4, -0.2) is 16.5 Å². The summed E-state index contributed by atoms with van der Waals surface area (Å²) in [6, 6.07) is 2.82. The highest BCUT2D eigenvalue weighted by molar-refractivity contribution is 9.10. The van der Waals surface area contributed by atoms with E-state index >= 15 is 0 Å². The van der Waals surface area contributed by atoms with Crippen molar-refractivity contribution in [3.8, 4) is 11.5 Å². The van der Waals surface area contributed by atoms with Crippen LogP contribution in [0, 0.1) is 0 Å². The summed E-state index contributed by atoms with van der Waals surface area (Å²) in [5.74, 6) is -0.526. The highest BCUT2D eigenvalue weighted by Crippen LogP contribution is 2.41. The van der Waals surface area contributed by atoms with Crippen molar-refractivity contribution in [1.82, 2.24) is 0 Å². The molecular formula is C10H7BrO3S2. The minimum atomic E-state index is -0.291. The van der Waals surface area contributed by atoms with Crippen molar-refractivity contribution in [3.63, 3.8) is 0 Å². The number of halogens is 1. The lowest BCUT2D eigenvalue weighted by molar-refractivity contribution is 0.403. The van der Waals surface area contributed by atoms with E-state index in [1.54, 1.807) is 0 Å². The fourth-order valence-electron chi connectivity index (χ4n) is 1.31. The molecule has 0 atom stereocenters. The fraction of sp³-hybridized carbons (Fsp3) is 0.100. The minimum Gasteiger partial charge on any atom is -0.504 e. The average Bonchev–Trinajstić information content (AvgIpc) is 2.27. The molecule has 2 aromatic rings. The lowest BCUT2D eigenvalue weighted by atomic mass is 10.2. The lowest BCUT2D eigenvalue weighted by Crippen LogP contribution is -1.98. The SMILES string of the molecule is CSc1cc(=O)c2cc(O)c(O)c(Br)c2s1. The monoisotopic (exact) mass is 318 g/mol. The van der Waals surface area contributed by atoms with Crippen LogP contribution in [-0.2, 0) is 0 Å². The zero-order chi connectivity index (χ0) is 11.9. The highest BCUT2D eigenvalue weighted by atomic mass is 79.9. The van der Waals surface area contributed by atoms with Crippen LogP contribution in [0.3, 0.4) is 0 Å². The third-order valence-electron chi connectivity index (χ3n) is 2.09. The van der Waals surface area contributed by atoms with Crippen molar-refractivity contribution < 1.29 is 10.2 Å². The quantitative estimate of drug-likeness (QED) is 0.626. The Morgan fingerprint density at radius 3 is 2.69 bits per heavy atom. The van der Waals surface area contributed by atoms with Crippen molar-refractivity contribution in [2.24, 2.45) is 0 Å². The number of benzene rings is 1. The maximum Gasteiger partial charge on any atom is 0.189 e. The molecule has 0 aliphatic carbocycles. The molecule has 16 heavy (non-hydrogen) atoms. The first-order chi connectivity index (χ1) is 7.54. The van der Waals surface area contributed by atoms with E-state index in [2.05, 4.69) is 15.9 Å². The molecule has 0 bridgehead atoms. The molecule has 1 aromatic carbocycles. The van der Waals surface area contributed by atoms with Gasteiger partial charge in [0.05, 0.1) is 13.4 Å². The van der Waals surface area contributed by atoms with Crippen LogP contribution in [0.4, 0.5) is 0 Å². The zero-order valence-corrected chi connectivity index (χ0v) is 11.4. The Labute approximate surface area is 108 Å². The van der Waals surface area contributed by atoms with Crippen molar-refractivity contribution >= 4 is 49.1 Å². The molecule has 0 fully saturated rings. The number of phenols is 2. The van der Waals surface area contributed by atoms with Crippen LogP contribution in [0.5, 0.6) is 11.5 Å². The summed E-state index contributed by atoms with van der Waals surface area (Å²) < 4.78 is 1.87. The van der Waals surface area contributed by atoms with Crippen molar-refractivity contribution in [2.45, 2.75) is 4.21 Å². The third kappa shape index (κ3) is 1.81. The lowest BCUT2D eigenvalue weighted by Gasteiger charge is -2.05. The van der Waals surface area contributed by atoms with Crippen LogP contribution in [0.2, 0.25) is 0 Å². The van der Waals surface area contributed by atoms with E-state index in [4.69, 9.17) is 0 Å². The zero-order valence-electron chi connectivity index (χ0n) is 8.15. The number of thioether (sulfide) groups is 1. The van der Waals surface area contributed by atoms with Gasteiger partial charge in [0, 0.05) is 11.5 Å². The Kier molecular flexibility index (Phi) is 3.14. The number of rotatable bonds is 1. The summed E-state index contributed by atoms with van der Waals surface area (Å²) in [5.41, 5.74) is -0.158. The van der Waals surface area contributed by atoms with Gasteiger partial charge in [0.15, 0.2) is 16.9 Å². The number of hydrogen-bond acceptors (Lipinski definition) is 5. The third-order valence-corrected chi connectivity index (χ3v) is 5.35. The van der Waals surface area contributed by atoms with Gasteiger partial charge in [-0.05, 0) is 28.3 Å². The van der Waals surface area contributed by atoms with Gasteiger partial charge < -0.3 is 10.2 Å². The number of fused-ring (bicyclic) bond motifs is 1. The van der Waals surface area contributed by atoms with E-state index in [0.29, 0.717) is 14.6 Å². The molecule has 0 unspecified atom stereocenters. The molecule has 6 heteroatoms. The van der Waals surface area contributed by atoms with Gasteiger partial charge in [-0.15, -0.1) is 23.1 Å². The molecule has 0 aliphatic rings. The summed E-state index contributed by atoms with van der Waals surface area (Å²) in [7, 11) is 0. The molecular weight excluding hydrogens is 312 g/mol. The Morgan fingerprint density at radius 2 is 2.06 bits per heavy atom. The molecule has 0 saturated carbocycles. The Hall–Kier alpha value is -0.720. The van der Waals surface area contributed by atoms with E-state index < -0.39 is 0 Å². The van der Waals surface area contributed by atoms with Gasteiger partial charge >= 0.3 is 0 Å². The van der Waals surface area contributed by atoms with Gasteiger partial charge in [0.1, 0.15) is 0 Å². The van der Waals surface area contributed by atoms with Gasteiger partial charge in [0.25, 0.3) is 0 Å². The number of phenolic OH excluding ortho intramolecular Hbond substituents is 2. The fourth-order valence-corrected chi connectivity index (χ4v) is 3.60. The Bertz CT molecular complexity index is 621. The molecule has 0 saturated heterocycles. The first-order valence-corrected chi connectivity index (χ1v) is 7.10. The van der Waals surface area contributed by atoms with E-state index in [1.807, 2.05) is 6.26 Å². The molecule has 2 N–H and O–H groups in total. The summed E-state index contributed by atoms with van der Waals surface area (Å²) in [5, 5.41) is 19.4. The second-order valence-electron chi connectivity index (χ2n) is 3.07. The molecule has 1 heterocycles. The van der Waals surface area contributed by atoms with Crippen LogP contribution < -0.4 is 5.43 Å². The second-order valence-corrected chi connectivity index (χ2v) is 6.02. The van der Waals surface area contributed by atoms with Crippen molar-refractivity contribution in [1.29, 1.82) is 0 Å². The summed E-state index contributed by atoms with van der Waals surface area (Å²) >= 11 is 6.05. The smallest absolute Gasteiger partial charge is 0.189 e. The summed E-state index contributed by atoms with van der Waals surface area (Å²) in [6.45, 7) is 0.